The molecule has 138 valence electrons. The maximum absolute atomic E-state index is 12.5. The maximum atomic E-state index is 12.5. The fraction of sp³-hybridized carbons (Fsp3) is 0.250. The SMILES string of the molecule is COC(CNS(=O)(=O)c1ccc2[nH]c3c(C(N)=O)nccc3c2c1)OC. The highest BCUT2D eigenvalue weighted by molar-refractivity contribution is 7.89. The van der Waals surface area contributed by atoms with E-state index in [0.717, 1.165) is 0 Å². The van der Waals surface area contributed by atoms with E-state index in [1.54, 1.807) is 12.1 Å². The van der Waals surface area contributed by atoms with Gasteiger partial charge in [-0.3, -0.25) is 4.79 Å². The summed E-state index contributed by atoms with van der Waals surface area (Å²) in [6.45, 7) is -0.0308. The molecule has 2 heterocycles. The summed E-state index contributed by atoms with van der Waals surface area (Å²) in [4.78, 5) is 18.6. The van der Waals surface area contributed by atoms with Gasteiger partial charge in [0.1, 0.15) is 0 Å². The monoisotopic (exact) mass is 378 g/mol. The van der Waals surface area contributed by atoms with E-state index in [1.807, 2.05) is 0 Å². The standard InChI is InChI=1S/C16H18N4O5S/c1-24-13(25-2)8-19-26(22,23)9-3-4-12-11(7-9)10-5-6-18-15(16(17)21)14(10)20-12/h3-7,13,19-20H,8H2,1-2H3,(H2,17,21). The Morgan fingerprint density at radius 2 is 2.00 bits per heavy atom. The largest absolute Gasteiger partial charge is 0.364 e. The minimum absolute atomic E-state index is 0.0308. The zero-order valence-corrected chi connectivity index (χ0v) is 15.0. The predicted octanol–water partition coefficient (Wildman–Crippen LogP) is 0.712. The molecule has 0 fully saturated rings. The Balaban J connectivity index is 2.05. The summed E-state index contributed by atoms with van der Waals surface area (Å²) < 4.78 is 37.4. The Morgan fingerprint density at radius 1 is 1.27 bits per heavy atom. The van der Waals surface area contributed by atoms with Gasteiger partial charge in [-0.1, -0.05) is 0 Å². The number of carbonyl (C=O) groups excluding carboxylic acids is 1. The molecule has 9 nitrogen and oxygen atoms in total. The molecule has 0 aliphatic carbocycles. The van der Waals surface area contributed by atoms with Crippen molar-refractivity contribution in [3.8, 4) is 0 Å². The van der Waals surface area contributed by atoms with E-state index in [-0.39, 0.29) is 17.1 Å². The van der Waals surface area contributed by atoms with Crippen LogP contribution < -0.4 is 10.5 Å². The topological polar surface area (TPSA) is 136 Å². The number of carbonyl (C=O) groups is 1. The minimum atomic E-state index is -3.77. The first kappa shape index (κ1) is 18.3. The van der Waals surface area contributed by atoms with Crippen LogP contribution in [0.2, 0.25) is 0 Å². The number of sulfonamides is 1. The average Bonchev–Trinajstić information content (AvgIpc) is 3.00. The Morgan fingerprint density at radius 3 is 2.65 bits per heavy atom. The number of aromatic nitrogens is 2. The molecule has 1 aromatic carbocycles. The van der Waals surface area contributed by atoms with Gasteiger partial charge in [0.05, 0.1) is 17.0 Å². The number of H-pyrrole nitrogens is 1. The number of benzene rings is 1. The van der Waals surface area contributed by atoms with Crippen LogP contribution in [0.5, 0.6) is 0 Å². The Hall–Kier alpha value is -2.53. The van der Waals surface area contributed by atoms with E-state index in [2.05, 4.69) is 14.7 Å². The number of rotatable bonds is 7. The zero-order valence-electron chi connectivity index (χ0n) is 14.1. The lowest BCUT2D eigenvalue weighted by Crippen LogP contribution is -2.34. The number of nitrogens with zero attached hydrogens (tertiary/aromatic N) is 1. The normalized spacial score (nSPS) is 12.3. The number of ether oxygens (including phenoxy) is 2. The van der Waals surface area contributed by atoms with Crippen molar-refractivity contribution in [2.24, 2.45) is 5.73 Å². The molecular weight excluding hydrogens is 360 g/mol. The van der Waals surface area contributed by atoms with E-state index >= 15 is 0 Å². The predicted molar refractivity (Wildman–Crippen MR) is 95.1 cm³/mol. The van der Waals surface area contributed by atoms with Crippen molar-refractivity contribution in [3.63, 3.8) is 0 Å². The van der Waals surface area contributed by atoms with E-state index in [1.165, 1.54) is 32.5 Å². The smallest absolute Gasteiger partial charge is 0.269 e. The third-order valence-corrected chi connectivity index (χ3v) is 5.42. The number of aromatic amines is 1. The zero-order chi connectivity index (χ0) is 18.9. The summed E-state index contributed by atoms with van der Waals surface area (Å²) in [7, 11) is -0.928. The van der Waals surface area contributed by atoms with Crippen LogP contribution in [0.25, 0.3) is 21.8 Å². The van der Waals surface area contributed by atoms with Gasteiger partial charge in [-0.2, -0.15) is 0 Å². The van der Waals surface area contributed by atoms with Gasteiger partial charge >= 0.3 is 0 Å². The lowest BCUT2D eigenvalue weighted by Gasteiger charge is -2.14. The quantitative estimate of drug-likeness (QED) is 0.518. The molecule has 0 unspecified atom stereocenters. The van der Waals surface area contributed by atoms with Crippen LogP contribution in [0, 0.1) is 0 Å². The fourth-order valence-corrected chi connectivity index (χ4v) is 3.72. The van der Waals surface area contributed by atoms with Gasteiger partial charge in [0.25, 0.3) is 5.91 Å². The Bertz CT molecular complexity index is 1070. The van der Waals surface area contributed by atoms with E-state index in [0.29, 0.717) is 21.8 Å². The summed E-state index contributed by atoms with van der Waals surface area (Å²) in [6.07, 6.45) is 0.766. The number of hydrogen-bond acceptors (Lipinski definition) is 6. The average molecular weight is 378 g/mol. The molecule has 0 saturated heterocycles. The highest BCUT2D eigenvalue weighted by Crippen LogP contribution is 2.28. The lowest BCUT2D eigenvalue weighted by atomic mass is 10.1. The third-order valence-electron chi connectivity index (χ3n) is 4.00. The van der Waals surface area contributed by atoms with Gasteiger partial charge in [0.15, 0.2) is 12.0 Å². The van der Waals surface area contributed by atoms with Crippen LogP contribution in [0.15, 0.2) is 35.4 Å². The molecule has 0 atom stereocenters. The van der Waals surface area contributed by atoms with Gasteiger partial charge < -0.3 is 20.2 Å². The molecule has 2 aromatic heterocycles. The number of fused-ring (bicyclic) bond motifs is 3. The molecule has 1 amide bonds. The second-order valence-corrected chi connectivity index (χ2v) is 7.30. The maximum Gasteiger partial charge on any atom is 0.269 e. The molecule has 26 heavy (non-hydrogen) atoms. The van der Waals surface area contributed by atoms with Crippen molar-refractivity contribution >= 4 is 37.7 Å². The van der Waals surface area contributed by atoms with Gasteiger partial charge in [0.2, 0.25) is 10.0 Å². The summed E-state index contributed by atoms with van der Waals surface area (Å²) in [5.74, 6) is -0.665. The van der Waals surface area contributed by atoms with Crippen LogP contribution in [-0.4, -0.2) is 51.3 Å². The number of pyridine rings is 1. The second kappa shape index (κ2) is 7.00. The molecule has 0 bridgehead atoms. The number of methoxy groups -OCH3 is 2. The van der Waals surface area contributed by atoms with E-state index in [4.69, 9.17) is 15.2 Å². The highest BCUT2D eigenvalue weighted by Gasteiger charge is 2.19. The first-order chi connectivity index (χ1) is 12.4. The number of primary amides is 1. The molecular formula is C16H18N4O5S. The fourth-order valence-electron chi connectivity index (χ4n) is 2.68. The first-order valence-electron chi connectivity index (χ1n) is 7.63. The van der Waals surface area contributed by atoms with Crippen LogP contribution in [0.3, 0.4) is 0 Å². The van der Waals surface area contributed by atoms with Crippen molar-refractivity contribution in [1.29, 1.82) is 0 Å². The molecule has 3 aromatic rings. The van der Waals surface area contributed by atoms with Crippen molar-refractivity contribution in [2.45, 2.75) is 11.2 Å². The number of nitrogens with one attached hydrogen (secondary N) is 2. The molecule has 0 saturated carbocycles. The van der Waals surface area contributed by atoms with Crippen molar-refractivity contribution in [2.75, 3.05) is 20.8 Å². The Kier molecular flexibility index (Phi) is 4.92. The second-order valence-electron chi connectivity index (χ2n) is 5.53. The van der Waals surface area contributed by atoms with Gasteiger partial charge in [-0.15, -0.1) is 0 Å². The number of amides is 1. The molecule has 10 heteroatoms. The summed E-state index contributed by atoms with van der Waals surface area (Å²) in [6, 6.07) is 6.30. The molecule has 0 aliphatic rings. The number of nitrogens with two attached hydrogens (primary N) is 1. The van der Waals surface area contributed by atoms with E-state index < -0.39 is 22.2 Å². The van der Waals surface area contributed by atoms with Crippen LogP contribution >= 0.6 is 0 Å². The van der Waals surface area contributed by atoms with Crippen LogP contribution in [0.4, 0.5) is 0 Å². The lowest BCUT2D eigenvalue weighted by molar-refractivity contribution is -0.0960. The van der Waals surface area contributed by atoms with Crippen molar-refractivity contribution < 1.29 is 22.7 Å². The van der Waals surface area contributed by atoms with Gasteiger partial charge in [-0.05, 0) is 24.3 Å². The van der Waals surface area contributed by atoms with Crippen molar-refractivity contribution in [1.82, 2.24) is 14.7 Å². The third kappa shape index (κ3) is 3.27. The Labute approximate surface area is 149 Å². The van der Waals surface area contributed by atoms with Crippen LogP contribution in [-0.2, 0) is 19.5 Å². The van der Waals surface area contributed by atoms with Gasteiger partial charge in [-0.25, -0.2) is 18.1 Å². The van der Waals surface area contributed by atoms with Crippen molar-refractivity contribution in [3.05, 3.63) is 36.2 Å². The summed E-state index contributed by atoms with van der Waals surface area (Å²) in [5, 5.41) is 1.30. The van der Waals surface area contributed by atoms with E-state index in [9.17, 15) is 13.2 Å². The molecule has 0 radical (unpaired) electrons. The highest BCUT2D eigenvalue weighted by atomic mass is 32.2. The minimum Gasteiger partial charge on any atom is -0.364 e. The summed E-state index contributed by atoms with van der Waals surface area (Å²) >= 11 is 0. The molecule has 4 N–H and O–H groups in total. The van der Waals surface area contributed by atoms with Crippen LogP contribution in [0.1, 0.15) is 10.5 Å². The van der Waals surface area contributed by atoms with Gasteiger partial charge in [0, 0.05) is 36.7 Å². The first-order valence-corrected chi connectivity index (χ1v) is 9.11. The molecule has 0 spiro atoms. The molecule has 0 aliphatic heterocycles. The number of hydrogen-bond donors (Lipinski definition) is 3. The summed E-state index contributed by atoms with van der Waals surface area (Å²) in [5.41, 5.74) is 6.58. The molecule has 3 rings (SSSR count).